The first-order valence-electron chi connectivity index (χ1n) is 5.41. The van der Waals surface area contributed by atoms with Gasteiger partial charge in [0.25, 0.3) is 10.0 Å². The van der Waals surface area contributed by atoms with Crippen molar-refractivity contribution in [3.8, 4) is 0 Å². The smallest absolute Gasteiger partial charge is 0.335 e. The maximum absolute atomic E-state index is 12.1. The van der Waals surface area contributed by atoms with Crippen molar-refractivity contribution >= 4 is 44.6 Å². The molecule has 2 rings (SSSR count). The molecule has 0 aliphatic rings. The van der Waals surface area contributed by atoms with Crippen molar-refractivity contribution in [2.45, 2.75) is 11.1 Å². The number of benzene rings is 1. The lowest BCUT2D eigenvalue weighted by molar-refractivity contribution is 0.0697. The molecule has 0 fully saturated rings. The first-order chi connectivity index (χ1) is 9.28. The molecule has 1 aromatic heterocycles. The maximum atomic E-state index is 12.1. The zero-order chi connectivity index (χ0) is 14.9. The summed E-state index contributed by atoms with van der Waals surface area (Å²) in [6, 6.07) is 7.00. The van der Waals surface area contributed by atoms with Crippen LogP contribution in [0.3, 0.4) is 0 Å². The Morgan fingerprint density at radius 2 is 2.00 bits per heavy atom. The highest BCUT2D eigenvalue weighted by Crippen LogP contribution is 2.25. The number of thiophene rings is 1. The summed E-state index contributed by atoms with van der Waals surface area (Å²) in [5, 5.41) is 9.06. The number of carboxylic acids is 1. The molecule has 20 heavy (non-hydrogen) atoms. The fourth-order valence-electron chi connectivity index (χ4n) is 1.53. The third-order valence-electron chi connectivity index (χ3n) is 2.38. The van der Waals surface area contributed by atoms with Gasteiger partial charge in [-0.3, -0.25) is 4.72 Å². The van der Waals surface area contributed by atoms with E-state index in [1.54, 1.807) is 13.0 Å². The maximum Gasteiger partial charge on any atom is 0.335 e. The van der Waals surface area contributed by atoms with Gasteiger partial charge < -0.3 is 5.11 Å². The van der Waals surface area contributed by atoms with E-state index in [0.717, 1.165) is 16.2 Å². The predicted octanol–water partition coefficient (Wildman–Crippen LogP) is 3.21. The van der Waals surface area contributed by atoms with E-state index >= 15 is 0 Å². The molecule has 8 heteroatoms. The second-order valence-corrected chi connectivity index (χ2v) is 7.64. The van der Waals surface area contributed by atoms with Gasteiger partial charge in [-0.05, 0) is 37.3 Å². The van der Waals surface area contributed by atoms with Crippen LogP contribution in [0.25, 0.3) is 0 Å². The van der Waals surface area contributed by atoms with Gasteiger partial charge >= 0.3 is 5.97 Å². The molecule has 1 aromatic carbocycles. The molecule has 0 saturated carbocycles. The average Bonchev–Trinajstić information content (AvgIpc) is 2.75. The number of hydrogen-bond donors (Lipinski definition) is 2. The van der Waals surface area contributed by atoms with Gasteiger partial charge in [0.15, 0.2) is 0 Å². The molecule has 0 unspecified atom stereocenters. The number of aromatic carboxylic acids is 1. The molecule has 0 aliphatic heterocycles. The molecule has 0 saturated heterocycles. The van der Waals surface area contributed by atoms with Gasteiger partial charge in [0.2, 0.25) is 0 Å². The summed E-state index contributed by atoms with van der Waals surface area (Å²) in [4.78, 5) is 11.8. The van der Waals surface area contributed by atoms with Crippen LogP contribution >= 0.6 is 22.9 Å². The van der Waals surface area contributed by atoms with E-state index in [4.69, 9.17) is 16.7 Å². The topological polar surface area (TPSA) is 83.5 Å². The Morgan fingerprint density at radius 3 is 2.55 bits per heavy atom. The lowest BCUT2D eigenvalue weighted by Crippen LogP contribution is -2.12. The van der Waals surface area contributed by atoms with Crippen molar-refractivity contribution in [1.29, 1.82) is 0 Å². The van der Waals surface area contributed by atoms with Crippen molar-refractivity contribution in [3.63, 3.8) is 0 Å². The van der Waals surface area contributed by atoms with Crippen molar-refractivity contribution in [3.05, 3.63) is 45.8 Å². The van der Waals surface area contributed by atoms with E-state index in [-0.39, 0.29) is 20.5 Å². The van der Waals surface area contributed by atoms with Gasteiger partial charge in [-0.1, -0.05) is 11.6 Å². The Labute approximate surface area is 124 Å². The van der Waals surface area contributed by atoms with Crippen LogP contribution in [0, 0.1) is 6.92 Å². The number of aryl methyl sites for hydroxylation is 1. The molecule has 0 aliphatic carbocycles. The van der Waals surface area contributed by atoms with Gasteiger partial charge in [-0.15, -0.1) is 11.3 Å². The Balaban J connectivity index is 2.37. The van der Waals surface area contributed by atoms with Crippen LogP contribution in [-0.2, 0) is 10.0 Å². The monoisotopic (exact) mass is 331 g/mol. The van der Waals surface area contributed by atoms with Gasteiger partial charge in [0.05, 0.1) is 11.3 Å². The molecule has 1 heterocycles. The first kappa shape index (κ1) is 14.8. The second kappa shape index (κ2) is 5.43. The van der Waals surface area contributed by atoms with E-state index in [2.05, 4.69) is 4.72 Å². The summed E-state index contributed by atoms with van der Waals surface area (Å²) in [7, 11) is -3.73. The van der Waals surface area contributed by atoms with Gasteiger partial charge in [-0.2, -0.15) is 0 Å². The van der Waals surface area contributed by atoms with Crippen LogP contribution in [0.15, 0.2) is 34.5 Å². The van der Waals surface area contributed by atoms with Crippen molar-refractivity contribution in [1.82, 2.24) is 0 Å². The summed E-state index contributed by atoms with van der Waals surface area (Å²) >= 11 is 6.91. The standard InChI is InChI=1S/C12H10ClNO4S2/c1-7-2-3-11(19-7)20(17,18)14-10-5-8(12(15)16)4-9(13)6-10/h2-6,14H,1H3,(H,15,16). The summed E-state index contributed by atoms with van der Waals surface area (Å²) in [6.07, 6.45) is 0. The van der Waals surface area contributed by atoms with Crippen LogP contribution in [0.5, 0.6) is 0 Å². The molecule has 5 nitrogen and oxygen atoms in total. The molecule has 0 atom stereocenters. The first-order valence-corrected chi connectivity index (χ1v) is 8.09. The van der Waals surface area contributed by atoms with E-state index in [1.165, 1.54) is 24.3 Å². The molecule has 106 valence electrons. The Kier molecular flexibility index (Phi) is 4.03. The third kappa shape index (κ3) is 3.30. The molecular weight excluding hydrogens is 322 g/mol. The summed E-state index contributed by atoms with van der Waals surface area (Å²) in [5.74, 6) is -1.18. The fourth-order valence-corrected chi connectivity index (χ4v) is 4.09. The van der Waals surface area contributed by atoms with E-state index in [1.807, 2.05) is 0 Å². The zero-order valence-electron chi connectivity index (χ0n) is 10.3. The number of nitrogens with one attached hydrogen (secondary N) is 1. The van der Waals surface area contributed by atoms with E-state index < -0.39 is 16.0 Å². The third-order valence-corrected chi connectivity index (χ3v) is 5.47. The lowest BCUT2D eigenvalue weighted by atomic mass is 10.2. The van der Waals surface area contributed by atoms with Crippen molar-refractivity contribution in [2.75, 3.05) is 4.72 Å². The number of carbonyl (C=O) groups is 1. The van der Waals surface area contributed by atoms with Gasteiger partial charge in [-0.25, -0.2) is 13.2 Å². The second-order valence-electron chi connectivity index (χ2n) is 4.00. The highest BCUT2D eigenvalue weighted by molar-refractivity contribution is 7.94. The highest BCUT2D eigenvalue weighted by Gasteiger charge is 2.17. The van der Waals surface area contributed by atoms with Crippen molar-refractivity contribution in [2.24, 2.45) is 0 Å². The van der Waals surface area contributed by atoms with Crippen LogP contribution in [-0.4, -0.2) is 19.5 Å². The Hall–Kier alpha value is -1.57. The minimum absolute atomic E-state index is 0.0856. The lowest BCUT2D eigenvalue weighted by Gasteiger charge is -2.07. The Morgan fingerprint density at radius 1 is 1.30 bits per heavy atom. The molecule has 0 spiro atoms. The Bertz CT molecular complexity index is 768. The quantitative estimate of drug-likeness (QED) is 0.901. The van der Waals surface area contributed by atoms with Crippen molar-refractivity contribution < 1.29 is 18.3 Å². The number of halogens is 1. The normalized spacial score (nSPS) is 11.3. The summed E-state index contributed by atoms with van der Waals surface area (Å²) < 4.78 is 26.7. The van der Waals surface area contributed by atoms with Gasteiger partial charge in [0, 0.05) is 9.90 Å². The number of hydrogen-bond acceptors (Lipinski definition) is 4. The van der Waals surface area contributed by atoms with Crippen LogP contribution in [0.4, 0.5) is 5.69 Å². The molecular formula is C12H10ClNO4S2. The molecule has 2 N–H and O–H groups in total. The molecule has 2 aromatic rings. The number of anilines is 1. The minimum Gasteiger partial charge on any atom is -0.478 e. The summed E-state index contributed by atoms with van der Waals surface area (Å²) in [5.41, 5.74) is 0.0264. The predicted molar refractivity (Wildman–Crippen MR) is 78.3 cm³/mol. The molecule has 0 amide bonds. The van der Waals surface area contributed by atoms with Crippen LogP contribution < -0.4 is 4.72 Å². The zero-order valence-corrected chi connectivity index (χ0v) is 12.6. The SMILES string of the molecule is Cc1ccc(S(=O)(=O)Nc2cc(Cl)cc(C(=O)O)c2)s1. The van der Waals surface area contributed by atoms with Gasteiger partial charge in [0.1, 0.15) is 4.21 Å². The molecule has 0 radical (unpaired) electrons. The fraction of sp³-hybridized carbons (Fsp3) is 0.0833. The van der Waals surface area contributed by atoms with E-state index in [9.17, 15) is 13.2 Å². The largest absolute Gasteiger partial charge is 0.478 e. The van der Waals surface area contributed by atoms with Crippen LogP contribution in [0.2, 0.25) is 5.02 Å². The van der Waals surface area contributed by atoms with E-state index in [0.29, 0.717) is 0 Å². The minimum atomic E-state index is -3.73. The average molecular weight is 332 g/mol. The number of rotatable bonds is 4. The van der Waals surface area contributed by atoms with Crippen LogP contribution in [0.1, 0.15) is 15.2 Å². The highest BCUT2D eigenvalue weighted by atomic mass is 35.5. The summed E-state index contributed by atoms with van der Waals surface area (Å²) in [6.45, 7) is 1.80. The number of carboxylic acid groups (broad SMARTS) is 1. The number of sulfonamides is 1. The molecule has 0 bridgehead atoms.